The fourth-order valence-corrected chi connectivity index (χ4v) is 3.76. The Kier molecular flexibility index (Phi) is 4.81. The minimum absolute atomic E-state index is 0.0196. The van der Waals surface area contributed by atoms with Crippen LogP contribution >= 0.6 is 0 Å². The third-order valence-corrected chi connectivity index (χ3v) is 4.75. The van der Waals surface area contributed by atoms with Crippen molar-refractivity contribution in [1.82, 2.24) is 4.72 Å². The van der Waals surface area contributed by atoms with Crippen molar-refractivity contribution < 1.29 is 28.2 Å². The summed E-state index contributed by atoms with van der Waals surface area (Å²) in [5.41, 5.74) is 0.256. The molecule has 21 heavy (non-hydrogen) atoms. The molecule has 1 unspecified atom stereocenters. The van der Waals surface area contributed by atoms with E-state index in [-0.39, 0.29) is 23.0 Å². The number of phenols is 1. The van der Waals surface area contributed by atoms with E-state index >= 15 is 0 Å². The van der Waals surface area contributed by atoms with E-state index in [2.05, 4.69) is 4.72 Å². The lowest BCUT2D eigenvalue weighted by Gasteiger charge is -2.16. The summed E-state index contributed by atoms with van der Waals surface area (Å²) < 4.78 is 31.4. The van der Waals surface area contributed by atoms with E-state index in [1.54, 1.807) is 0 Å². The van der Waals surface area contributed by atoms with Gasteiger partial charge in [0.05, 0.1) is 12.4 Å². The van der Waals surface area contributed by atoms with Gasteiger partial charge in [-0.25, -0.2) is 8.42 Å². The molecule has 1 heterocycles. The minimum atomic E-state index is -3.74. The molecule has 0 amide bonds. The normalized spacial score (nSPS) is 20.3. The second-order valence-corrected chi connectivity index (χ2v) is 6.79. The largest absolute Gasteiger partial charge is 0.508 e. The number of carboxylic acid groups (broad SMARTS) is 1. The van der Waals surface area contributed by atoms with Crippen LogP contribution in [0, 0.1) is 5.92 Å². The molecule has 0 bridgehead atoms. The fraction of sp³-hybridized carbons (Fsp3) is 0.462. The van der Waals surface area contributed by atoms with E-state index in [1.807, 2.05) is 0 Å². The van der Waals surface area contributed by atoms with Crippen molar-refractivity contribution in [2.75, 3.05) is 19.0 Å². The molecular formula is C13H17NO6S. The van der Waals surface area contributed by atoms with Crippen LogP contribution in [-0.2, 0) is 19.6 Å². The molecule has 1 aromatic carbocycles. The molecule has 2 atom stereocenters. The Bertz CT molecular complexity index is 592. The van der Waals surface area contributed by atoms with Crippen molar-refractivity contribution in [2.24, 2.45) is 5.92 Å². The van der Waals surface area contributed by atoms with Crippen molar-refractivity contribution in [3.8, 4) is 5.75 Å². The topological polar surface area (TPSA) is 113 Å². The average molecular weight is 315 g/mol. The summed E-state index contributed by atoms with van der Waals surface area (Å²) in [4.78, 5) is 11.3. The van der Waals surface area contributed by atoms with E-state index in [9.17, 15) is 23.4 Å². The summed E-state index contributed by atoms with van der Waals surface area (Å²) in [6.45, 7) is 0.901. The smallest absolute Gasteiger partial charge is 0.326 e. The lowest BCUT2D eigenvalue weighted by molar-refractivity contribution is -0.139. The third kappa shape index (κ3) is 4.42. The predicted octanol–water partition coefficient (Wildman–Crippen LogP) is 0.474. The van der Waals surface area contributed by atoms with Gasteiger partial charge in [0.15, 0.2) is 0 Å². The molecule has 116 valence electrons. The number of hydrogen-bond donors (Lipinski definition) is 3. The number of aliphatic carboxylic acids is 1. The average Bonchev–Trinajstić information content (AvgIpc) is 2.89. The van der Waals surface area contributed by atoms with Gasteiger partial charge in [-0.05, 0) is 30.0 Å². The van der Waals surface area contributed by atoms with Gasteiger partial charge in [0.25, 0.3) is 0 Å². The second-order valence-electron chi connectivity index (χ2n) is 4.99. The first-order chi connectivity index (χ1) is 9.87. The van der Waals surface area contributed by atoms with Crippen molar-refractivity contribution >= 4 is 16.0 Å². The number of carbonyl (C=O) groups is 1. The number of hydrogen-bond acceptors (Lipinski definition) is 5. The Morgan fingerprint density at radius 1 is 1.38 bits per heavy atom. The first kappa shape index (κ1) is 15.7. The Hall–Kier alpha value is -1.64. The standard InChI is InChI=1S/C13H17NO6S/c15-11-3-1-10(2-4-11)12(13(16)17)14-21(18,19)8-9-5-6-20-7-9/h1-4,9,12,14-15H,5-8H2,(H,16,17)/t9?,12-/m0/s1. The van der Waals surface area contributed by atoms with Gasteiger partial charge in [-0.2, -0.15) is 4.72 Å². The van der Waals surface area contributed by atoms with Crippen LogP contribution in [0.1, 0.15) is 18.0 Å². The minimum Gasteiger partial charge on any atom is -0.508 e. The van der Waals surface area contributed by atoms with Crippen LogP contribution in [0.2, 0.25) is 0 Å². The van der Waals surface area contributed by atoms with E-state index in [0.717, 1.165) is 0 Å². The highest BCUT2D eigenvalue weighted by Crippen LogP contribution is 2.20. The van der Waals surface area contributed by atoms with Gasteiger partial charge in [-0.1, -0.05) is 12.1 Å². The summed E-state index contributed by atoms with van der Waals surface area (Å²) in [6.07, 6.45) is 0.651. The molecule has 0 aromatic heterocycles. The molecule has 3 N–H and O–H groups in total. The number of sulfonamides is 1. The third-order valence-electron chi connectivity index (χ3n) is 3.25. The van der Waals surface area contributed by atoms with E-state index in [1.165, 1.54) is 24.3 Å². The molecule has 7 nitrogen and oxygen atoms in total. The predicted molar refractivity (Wildman–Crippen MR) is 74.3 cm³/mol. The Balaban J connectivity index is 2.11. The molecule has 0 aliphatic carbocycles. The van der Waals surface area contributed by atoms with Crippen LogP contribution in [-0.4, -0.2) is 43.6 Å². The Morgan fingerprint density at radius 2 is 2.05 bits per heavy atom. The van der Waals surface area contributed by atoms with E-state index in [0.29, 0.717) is 19.6 Å². The highest BCUT2D eigenvalue weighted by molar-refractivity contribution is 7.89. The number of carboxylic acids is 1. The van der Waals surface area contributed by atoms with Crippen LogP contribution in [0.3, 0.4) is 0 Å². The van der Waals surface area contributed by atoms with Gasteiger partial charge in [0, 0.05) is 6.61 Å². The number of phenolic OH excluding ortho intramolecular Hbond substituents is 1. The molecule has 0 saturated carbocycles. The number of ether oxygens (including phenoxy) is 1. The summed E-state index contributed by atoms with van der Waals surface area (Å²) in [5, 5.41) is 18.4. The highest BCUT2D eigenvalue weighted by Gasteiger charge is 2.29. The van der Waals surface area contributed by atoms with Gasteiger partial charge in [-0.15, -0.1) is 0 Å². The fourth-order valence-electron chi connectivity index (χ4n) is 2.18. The monoisotopic (exact) mass is 315 g/mol. The van der Waals surface area contributed by atoms with Crippen LogP contribution < -0.4 is 4.72 Å². The van der Waals surface area contributed by atoms with Crippen LogP contribution in [0.15, 0.2) is 24.3 Å². The van der Waals surface area contributed by atoms with Gasteiger partial charge in [0.1, 0.15) is 11.8 Å². The first-order valence-corrected chi connectivity index (χ1v) is 8.12. The molecule has 1 saturated heterocycles. The maximum atomic E-state index is 12.1. The summed E-state index contributed by atoms with van der Waals surface area (Å²) in [7, 11) is -3.74. The van der Waals surface area contributed by atoms with Gasteiger partial charge in [-0.3, -0.25) is 4.79 Å². The quantitative estimate of drug-likeness (QED) is 0.703. The number of aromatic hydroxyl groups is 1. The molecule has 0 spiro atoms. The summed E-state index contributed by atoms with van der Waals surface area (Å²) in [5.74, 6) is -1.59. The Morgan fingerprint density at radius 3 is 2.57 bits per heavy atom. The molecule has 0 radical (unpaired) electrons. The Labute approximate surface area is 122 Å². The number of benzene rings is 1. The maximum Gasteiger partial charge on any atom is 0.326 e. The molecule has 1 aliphatic rings. The highest BCUT2D eigenvalue weighted by atomic mass is 32.2. The molecule has 1 aliphatic heterocycles. The molecule has 1 fully saturated rings. The van der Waals surface area contributed by atoms with Crippen LogP contribution in [0.5, 0.6) is 5.75 Å². The van der Waals surface area contributed by atoms with Gasteiger partial charge in [0.2, 0.25) is 10.0 Å². The zero-order valence-electron chi connectivity index (χ0n) is 11.2. The lowest BCUT2D eigenvalue weighted by atomic mass is 10.1. The molecular weight excluding hydrogens is 298 g/mol. The SMILES string of the molecule is O=C(O)[C@@H](NS(=O)(=O)CC1CCOC1)c1ccc(O)cc1. The van der Waals surface area contributed by atoms with E-state index in [4.69, 9.17) is 4.74 Å². The molecule has 8 heteroatoms. The first-order valence-electron chi connectivity index (χ1n) is 6.47. The maximum absolute atomic E-state index is 12.1. The number of rotatable bonds is 6. The van der Waals surface area contributed by atoms with Crippen LogP contribution in [0.4, 0.5) is 0 Å². The zero-order chi connectivity index (χ0) is 15.5. The summed E-state index contributed by atoms with van der Waals surface area (Å²) >= 11 is 0. The van der Waals surface area contributed by atoms with Crippen LogP contribution in [0.25, 0.3) is 0 Å². The van der Waals surface area contributed by atoms with Crippen molar-refractivity contribution in [3.05, 3.63) is 29.8 Å². The second kappa shape index (κ2) is 6.42. The van der Waals surface area contributed by atoms with Crippen molar-refractivity contribution in [3.63, 3.8) is 0 Å². The van der Waals surface area contributed by atoms with Crippen molar-refractivity contribution in [1.29, 1.82) is 0 Å². The zero-order valence-corrected chi connectivity index (χ0v) is 12.0. The molecule has 2 rings (SSSR count). The van der Waals surface area contributed by atoms with Gasteiger partial charge >= 0.3 is 5.97 Å². The summed E-state index contributed by atoms with van der Waals surface area (Å²) in [6, 6.07) is 3.98. The van der Waals surface area contributed by atoms with E-state index < -0.39 is 22.0 Å². The van der Waals surface area contributed by atoms with Crippen molar-refractivity contribution in [2.45, 2.75) is 12.5 Å². The lowest BCUT2D eigenvalue weighted by Crippen LogP contribution is -2.37. The van der Waals surface area contributed by atoms with Gasteiger partial charge < -0.3 is 14.9 Å². The molecule has 1 aromatic rings. The number of nitrogens with one attached hydrogen (secondary N) is 1.